The quantitative estimate of drug-likeness (QED) is 0.0954. The maximum Gasteiger partial charge on any atom is 0.165 e. The maximum absolute atomic E-state index is 6.41. The average Bonchev–Trinajstić information content (AvgIpc) is 2.95. The fourth-order valence-corrected chi connectivity index (χ4v) is 4.70. The van der Waals surface area contributed by atoms with Gasteiger partial charge in [0, 0.05) is 18.1 Å². The molecule has 39 heavy (non-hydrogen) atoms. The molecule has 204 valence electrons. The van der Waals surface area contributed by atoms with Crippen molar-refractivity contribution in [3.63, 3.8) is 0 Å². The molecule has 5 nitrogen and oxygen atoms in total. The van der Waals surface area contributed by atoms with E-state index in [0.717, 1.165) is 39.3 Å². The molecule has 0 aliphatic heterocycles. The van der Waals surface area contributed by atoms with Crippen molar-refractivity contribution < 1.29 is 14.2 Å². The van der Waals surface area contributed by atoms with E-state index in [4.69, 9.17) is 30.8 Å². The smallest absolute Gasteiger partial charge is 0.165 e. The molecule has 0 radical (unpaired) electrons. The van der Waals surface area contributed by atoms with Gasteiger partial charge in [-0.15, -0.1) is 24.0 Å². The number of nitrogens with zero attached hydrogens (tertiary/aromatic N) is 2. The van der Waals surface area contributed by atoms with Gasteiger partial charge in [-0.2, -0.15) is 0 Å². The van der Waals surface area contributed by atoms with Gasteiger partial charge in [0.15, 0.2) is 10.9 Å². The number of methoxy groups -OCH3 is 2. The van der Waals surface area contributed by atoms with Crippen molar-refractivity contribution in [2.45, 2.75) is 20.0 Å². The molecule has 0 saturated heterocycles. The zero-order chi connectivity index (χ0) is 26.7. The second-order valence-electron chi connectivity index (χ2n) is 8.41. The fraction of sp³-hybridized carbons (Fsp3) is 0.194. The van der Waals surface area contributed by atoms with Crippen LogP contribution in [-0.2, 0) is 13.1 Å². The summed E-state index contributed by atoms with van der Waals surface area (Å²) in [7, 11) is 3.35. The van der Waals surface area contributed by atoms with E-state index in [1.54, 1.807) is 26.0 Å². The lowest BCUT2D eigenvalue weighted by Gasteiger charge is -2.26. The first-order valence-corrected chi connectivity index (χ1v) is 13.7. The molecule has 0 aliphatic rings. The van der Waals surface area contributed by atoms with Crippen molar-refractivity contribution in [3.05, 3.63) is 113 Å². The molecule has 8 heteroatoms. The molecule has 4 rings (SSSR count). The standard InChI is InChI=1S/C31H31ClN2O3S.HI/c1-4-38-31(33-29-20-25(32)14-19-30(29)37-28-8-6-5-7-9-28)34(21-23-10-15-26(35-2)16-11-23)22-24-12-17-27(36-3)18-13-24;/h5-20H,4,21-22H2,1-3H3;1H. The van der Waals surface area contributed by atoms with Crippen molar-refractivity contribution in [1.82, 2.24) is 4.90 Å². The molecule has 0 heterocycles. The number of amidine groups is 1. The number of aliphatic imine (C=N–C) groups is 1. The van der Waals surface area contributed by atoms with Gasteiger partial charge in [0.05, 0.1) is 14.2 Å². The van der Waals surface area contributed by atoms with Crippen molar-refractivity contribution in [2.24, 2.45) is 4.99 Å². The Labute approximate surface area is 257 Å². The van der Waals surface area contributed by atoms with Gasteiger partial charge in [0.2, 0.25) is 0 Å². The van der Waals surface area contributed by atoms with E-state index in [1.165, 1.54) is 0 Å². The zero-order valence-corrected chi connectivity index (χ0v) is 26.1. The molecule has 0 bridgehead atoms. The number of para-hydroxylation sites is 1. The second-order valence-corrected chi connectivity index (χ2v) is 10.1. The molecule has 0 aromatic heterocycles. The SMILES string of the molecule is CCSC(=Nc1cc(Cl)ccc1Oc1ccccc1)N(Cc1ccc(OC)cc1)Cc1ccc(OC)cc1.I. The Morgan fingerprint density at radius 1 is 0.769 bits per heavy atom. The lowest BCUT2D eigenvalue weighted by atomic mass is 10.1. The number of ether oxygens (including phenoxy) is 3. The van der Waals surface area contributed by atoms with Gasteiger partial charge in [-0.3, -0.25) is 0 Å². The molecule has 0 spiro atoms. The van der Waals surface area contributed by atoms with Gasteiger partial charge < -0.3 is 19.1 Å². The number of halogens is 2. The Morgan fingerprint density at radius 2 is 1.33 bits per heavy atom. The summed E-state index contributed by atoms with van der Waals surface area (Å²) in [5, 5.41) is 1.47. The van der Waals surface area contributed by atoms with Crippen molar-refractivity contribution >= 4 is 58.2 Å². The van der Waals surface area contributed by atoms with Crippen LogP contribution in [0, 0.1) is 0 Å². The topological polar surface area (TPSA) is 43.3 Å². The maximum atomic E-state index is 6.41. The predicted octanol–water partition coefficient (Wildman–Crippen LogP) is 9.21. The number of hydrogen-bond donors (Lipinski definition) is 0. The molecule has 0 saturated carbocycles. The lowest BCUT2D eigenvalue weighted by molar-refractivity contribution is 0.405. The highest BCUT2D eigenvalue weighted by molar-refractivity contribution is 14.0. The molecule has 0 fully saturated rings. The highest BCUT2D eigenvalue weighted by atomic mass is 127. The first kappa shape index (κ1) is 30.7. The van der Waals surface area contributed by atoms with Gasteiger partial charge in [0.25, 0.3) is 0 Å². The Bertz CT molecular complexity index is 1290. The van der Waals surface area contributed by atoms with E-state index >= 15 is 0 Å². The van der Waals surface area contributed by atoms with Crippen molar-refractivity contribution in [1.29, 1.82) is 0 Å². The summed E-state index contributed by atoms with van der Waals surface area (Å²) in [6, 6.07) is 31.4. The van der Waals surface area contributed by atoms with Gasteiger partial charge >= 0.3 is 0 Å². The Balaban J connectivity index is 0.00000420. The largest absolute Gasteiger partial charge is 0.497 e. The summed E-state index contributed by atoms with van der Waals surface area (Å²) in [5.74, 6) is 3.89. The monoisotopic (exact) mass is 674 g/mol. The number of benzene rings is 4. The minimum Gasteiger partial charge on any atom is -0.497 e. The summed E-state index contributed by atoms with van der Waals surface area (Å²) in [5.41, 5.74) is 2.97. The molecule has 4 aromatic carbocycles. The number of rotatable bonds is 10. The van der Waals surface area contributed by atoms with Crippen LogP contribution in [0.4, 0.5) is 5.69 Å². The fourth-order valence-electron chi connectivity index (χ4n) is 3.80. The second kappa shape index (κ2) is 15.6. The van der Waals surface area contributed by atoms with E-state index in [2.05, 4.69) is 36.1 Å². The minimum atomic E-state index is 0. The first-order chi connectivity index (χ1) is 18.6. The van der Waals surface area contributed by atoms with Crippen LogP contribution in [0.2, 0.25) is 5.02 Å². The van der Waals surface area contributed by atoms with Crippen LogP contribution in [0.3, 0.4) is 0 Å². The molecule has 0 unspecified atom stereocenters. The number of hydrogen-bond acceptors (Lipinski definition) is 5. The van der Waals surface area contributed by atoms with E-state index in [-0.39, 0.29) is 24.0 Å². The highest BCUT2D eigenvalue weighted by Gasteiger charge is 2.16. The summed E-state index contributed by atoms with van der Waals surface area (Å²) in [6.45, 7) is 3.45. The van der Waals surface area contributed by atoms with E-state index in [1.807, 2.05) is 72.8 Å². The van der Waals surface area contributed by atoms with Crippen LogP contribution in [0.5, 0.6) is 23.0 Å². The molecule has 0 atom stereocenters. The zero-order valence-electron chi connectivity index (χ0n) is 22.2. The molecule has 0 aliphatic carbocycles. The summed E-state index contributed by atoms with van der Waals surface area (Å²) in [6.07, 6.45) is 0. The van der Waals surface area contributed by atoms with Crippen LogP contribution >= 0.6 is 47.3 Å². The van der Waals surface area contributed by atoms with Gasteiger partial charge in [-0.05, 0) is 71.5 Å². The summed E-state index contributed by atoms with van der Waals surface area (Å²) in [4.78, 5) is 7.38. The van der Waals surface area contributed by atoms with Crippen LogP contribution in [0.1, 0.15) is 18.1 Å². The predicted molar refractivity (Wildman–Crippen MR) is 174 cm³/mol. The summed E-state index contributed by atoms with van der Waals surface area (Å²) < 4.78 is 16.9. The van der Waals surface area contributed by atoms with Crippen LogP contribution in [0.25, 0.3) is 0 Å². The lowest BCUT2D eigenvalue weighted by Crippen LogP contribution is -2.28. The molecule has 4 aromatic rings. The number of thioether (sulfide) groups is 1. The molecular formula is C31H32ClIN2O3S. The minimum absolute atomic E-state index is 0. The molecule has 0 N–H and O–H groups in total. The molecular weight excluding hydrogens is 643 g/mol. The van der Waals surface area contributed by atoms with Crippen LogP contribution < -0.4 is 14.2 Å². The first-order valence-electron chi connectivity index (χ1n) is 12.3. The Morgan fingerprint density at radius 3 is 1.85 bits per heavy atom. The normalized spacial score (nSPS) is 10.9. The Hall–Kier alpha value is -2.88. The van der Waals surface area contributed by atoms with Crippen LogP contribution in [0.15, 0.2) is 102 Å². The van der Waals surface area contributed by atoms with Gasteiger partial charge in [-0.25, -0.2) is 4.99 Å². The molecule has 0 amide bonds. The third-order valence-corrected chi connectivity index (χ3v) is 6.85. The van der Waals surface area contributed by atoms with E-state index in [9.17, 15) is 0 Å². The van der Waals surface area contributed by atoms with Crippen LogP contribution in [-0.4, -0.2) is 30.0 Å². The van der Waals surface area contributed by atoms with Crippen molar-refractivity contribution in [2.75, 3.05) is 20.0 Å². The van der Waals surface area contributed by atoms with Crippen molar-refractivity contribution in [3.8, 4) is 23.0 Å². The van der Waals surface area contributed by atoms with Gasteiger partial charge in [-0.1, -0.05) is 72.8 Å². The average molecular weight is 675 g/mol. The third-order valence-electron chi connectivity index (χ3n) is 5.72. The van der Waals surface area contributed by atoms with E-state index < -0.39 is 0 Å². The third kappa shape index (κ3) is 9.08. The Kier molecular flexibility index (Phi) is 12.3. The van der Waals surface area contributed by atoms with E-state index in [0.29, 0.717) is 29.5 Å². The summed E-state index contributed by atoms with van der Waals surface area (Å²) >= 11 is 8.09. The van der Waals surface area contributed by atoms with Gasteiger partial charge in [0.1, 0.15) is 22.9 Å². The highest BCUT2D eigenvalue weighted by Crippen LogP contribution is 2.35.